The summed E-state index contributed by atoms with van der Waals surface area (Å²) in [6.07, 6.45) is 0. The highest BCUT2D eigenvalue weighted by Crippen LogP contribution is 2.07. The summed E-state index contributed by atoms with van der Waals surface area (Å²) < 4.78 is 0. The lowest BCUT2D eigenvalue weighted by Crippen LogP contribution is -2.15. The Balaban J connectivity index is 2.87. The molecule has 1 rings (SSSR count). The molecule has 0 aliphatic carbocycles. The van der Waals surface area contributed by atoms with Gasteiger partial charge in [-0.15, -0.1) is 0 Å². The molecule has 0 atom stereocenters. The molecule has 64 valence electrons. The topological polar surface area (TPSA) is 38.3 Å². The Kier molecular flexibility index (Phi) is 2.82. The van der Waals surface area contributed by atoms with Crippen LogP contribution >= 0.6 is 0 Å². The molecule has 0 aliphatic heterocycles. The van der Waals surface area contributed by atoms with Crippen molar-refractivity contribution in [3.05, 3.63) is 35.4 Å². The minimum atomic E-state index is -0.351. The third-order valence-corrected chi connectivity index (χ3v) is 1.56. The summed E-state index contributed by atoms with van der Waals surface area (Å²) in [5.41, 5.74) is 3.85. The number of hydroxylamine groups is 1. The average Bonchev–Trinajstić information content (AvgIpc) is 2.05. The molecular formula is C9H11NO2. The SMILES string of the molecule is CNOC(=O)c1ccccc1C. The van der Waals surface area contributed by atoms with E-state index < -0.39 is 0 Å². The minimum Gasteiger partial charge on any atom is -0.367 e. The second-order valence-electron chi connectivity index (χ2n) is 2.41. The fourth-order valence-corrected chi connectivity index (χ4v) is 0.950. The van der Waals surface area contributed by atoms with Crippen molar-refractivity contribution in [2.45, 2.75) is 6.92 Å². The Bertz CT molecular complexity index is 284. The Morgan fingerprint density at radius 2 is 2.08 bits per heavy atom. The van der Waals surface area contributed by atoms with Crippen molar-refractivity contribution in [2.24, 2.45) is 0 Å². The molecule has 0 radical (unpaired) electrons. The lowest BCUT2D eigenvalue weighted by Gasteiger charge is -2.03. The van der Waals surface area contributed by atoms with Crippen LogP contribution in [0.25, 0.3) is 0 Å². The lowest BCUT2D eigenvalue weighted by atomic mass is 10.1. The van der Waals surface area contributed by atoms with E-state index in [9.17, 15) is 4.79 Å². The van der Waals surface area contributed by atoms with Crippen LogP contribution in [-0.4, -0.2) is 13.0 Å². The van der Waals surface area contributed by atoms with Gasteiger partial charge in [0.25, 0.3) is 0 Å². The van der Waals surface area contributed by atoms with Crippen LogP contribution < -0.4 is 5.48 Å². The van der Waals surface area contributed by atoms with Crippen molar-refractivity contribution in [3.8, 4) is 0 Å². The maximum Gasteiger partial charge on any atom is 0.357 e. The number of nitrogens with one attached hydrogen (secondary N) is 1. The number of aryl methyl sites for hydroxylation is 1. The van der Waals surface area contributed by atoms with Crippen molar-refractivity contribution >= 4 is 5.97 Å². The van der Waals surface area contributed by atoms with E-state index in [0.29, 0.717) is 5.56 Å². The van der Waals surface area contributed by atoms with E-state index in [1.165, 1.54) is 0 Å². The quantitative estimate of drug-likeness (QED) is 0.671. The second kappa shape index (κ2) is 3.88. The molecule has 0 spiro atoms. The van der Waals surface area contributed by atoms with Gasteiger partial charge in [-0.2, -0.15) is 5.48 Å². The van der Waals surface area contributed by atoms with Gasteiger partial charge >= 0.3 is 5.97 Å². The summed E-state index contributed by atoms with van der Waals surface area (Å²) in [5, 5.41) is 0. The third-order valence-electron chi connectivity index (χ3n) is 1.56. The summed E-state index contributed by atoms with van der Waals surface area (Å²) >= 11 is 0. The zero-order chi connectivity index (χ0) is 8.97. The van der Waals surface area contributed by atoms with E-state index in [1.54, 1.807) is 19.2 Å². The van der Waals surface area contributed by atoms with E-state index in [4.69, 9.17) is 0 Å². The van der Waals surface area contributed by atoms with Gasteiger partial charge in [0.1, 0.15) is 0 Å². The zero-order valence-corrected chi connectivity index (χ0v) is 7.13. The minimum absolute atomic E-state index is 0.351. The van der Waals surface area contributed by atoms with E-state index in [1.807, 2.05) is 19.1 Å². The van der Waals surface area contributed by atoms with Crippen LogP contribution in [0.3, 0.4) is 0 Å². The monoisotopic (exact) mass is 165 g/mol. The smallest absolute Gasteiger partial charge is 0.357 e. The number of rotatable bonds is 2. The third kappa shape index (κ3) is 1.83. The number of hydrogen-bond donors (Lipinski definition) is 1. The van der Waals surface area contributed by atoms with E-state index in [-0.39, 0.29) is 5.97 Å². The average molecular weight is 165 g/mol. The molecule has 0 aliphatic rings. The van der Waals surface area contributed by atoms with Gasteiger partial charge < -0.3 is 4.84 Å². The van der Waals surface area contributed by atoms with Crippen LogP contribution in [0.15, 0.2) is 24.3 Å². The molecule has 0 aromatic heterocycles. The molecule has 1 aromatic rings. The second-order valence-corrected chi connectivity index (χ2v) is 2.41. The van der Waals surface area contributed by atoms with E-state index in [0.717, 1.165) is 5.56 Å². The first kappa shape index (κ1) is 8.74. The van der Waals surface area contributed by atoms with Gasteiger partial charge in [-0.1, -0.05) is 18.2 Å². The highest BCUT2D eigenvalue weighted by Gasteiger charge is 2.07. The summed E-state index contributed by atoms with van der Waals surface area (Å²) in [6, 6.07) is 7.28. The molecule has 1 aromatic carbocycles. The van der Waals surface area contributed by atoms with E-state index >= 15 is 0 Å². The Morgan fingerprint density at radius 1 is 1.42 bits per heavy atom. The first-order chi connectivity index (χ1) is 5.75. The largest absolute Gasteiger partial charge is 0.367 e. The summed E-state index contributed by atoms with van der Waals surface area (Å²) in [5.74, 6) is -0.351. The van der Waals surface area contributed by atoms with Gasteiger partial charge in [-0.25, -0.2) is 4.79 Å². The van der Waals surface area contributed by atoms with Gasteiger partial charge in [0, 0.05) is 7.05 Å². The van der Waals surface area contributed by atoms with Crippen molar-refractivity contribution in [3.63, 3.8) is 0 Å². The first-order valence-corrected chi connectivity index (χ1v) is 3.69. The van der Waals surface area contributed by atoms with Crippen LogP contribution in [0, 0.1) is 6.92 Å². The normalized spacial score (nSPS) is 9.50. The van der Waals surface area contributed by atoms with Gasteiger partial charge in [0.15, 0.2) is 0 Å². The van der Waals surface area contributed by atoms with Crippen LogP contribution in [-0.2, 0) is 4.84 Å². The van der Waals surface area contributed by atoms with Crippen molar-refractivity contribution in [1.82, 2.24) is 5.48 Å². The molecule has 3 nitrogen and oxygen atoms in total. The molecule has 1 N–H and O–H groups in total. The van der Waals surface area contributed by atoms with Gasteiger partial charge in [0.2, 0.25) is 0 Å². The molecule has 12 heavy (non-hydrogen) atoms. The van der Waals surface area contributed by atoms with Gasteiger partial charge in [-0.05, 0) is 18.6 Å². The van der Waals surface area contributed by atoms with Gasteiger partial charge in [-0.3, -0.25) is 0 Å². The molecule has 0 amide bonds. The van der Waals surface area contributed by atoms with Crippen LogP contribution in [0.2, 0.25) is 0 Å². The van der Waals surface area contributed by atoms with Crippen LogP contribution in [0.5, 0.6) is 0 Å². The van der Waals surface area contributed by atoms with Crippen molar-refractivity contribution in [1.29, 1.82) is 0 Å². The summed E-state index contributed by atoms with van der Waals surface area (Å²) in [4.78, 5) is 15.8. The molecular weight excluding hydrogens is 154 g/mol. The maximum atomic E-state index is 11.2. The van der Waals surface area contributed by atoms with Crippen LogP contribution in [0.4, 0.5) is 0 Å². The Morgan fingerprint density at radius 3 is 2.67 bits per heavy atom. The molecule has 0 unspecified atom stereocenters. The Labute approximate surface area is 71.3 Å². The number of hydrogen-bond acceptors (Lipinski definition) is 3. The lowest BCUT2D eigenvalue weighted by molar-refractivity contribution is 0.0309. The molecule has 0 saturated heterocycles. The highest BCUT2D eigenvalue weighted by atomic mass is 16.7. The zero-order valence-electron chi connectivity index (χ0n) is 7.13. The fraction of sp³-hybridized carbons (Fsp3) is 0.222. The molecule has 0 fully saturated rings. The molecule has 0 heterocycles. The highest BCUT2D eigenvalue weighted by molar-refractivity contribution is 5.90. The first-order valence-electron chi connectivity index (χ1n) is 3.69. The van der Waals surface area contributed by atoms with Crippen LogP contribution in [0.1, 0.15) is 15.9 Å². The van der Waals surface area contributed by atoms with Gasteiger partial charge in [0.05, 0.1) is 5.56 Å². The summed E-state index contributed by atoms with van der Waals surface area (Å²) in [7, 11) is 1.55. The number of benzene rings is 1. The molecule has 0 bridgehead atoms. The molecule has 3 heteroatoms. The summed E-state index contributed by atoms with van der Waals surface area (Å²) in [6.45, 7) is 1.87. The predicted octanol–water partition coefficient (Wildman–Crippen LogP) is 1.29. The van der Waals surface area contributed by atoms with Crippen molar-refractivity contribution < 1.29 is 9.63 Å². The Hall–Kier alpha value is -1.35. The standard InChI is InChI=1S/C9H11NO2/c1-7-5-3-4-6-8(7)9(11)12-10-2/h3-6,10H,1-2H3. The van der Waals surface area contributed by atoms with Crippen molar-refractivity contribution in [2.75, 3.05) is 7.05 Å². The number of carbonyl (C=O) groups is 1. The fourth-order valence-electron chi connectivity index (χ4n) is 0.950. The molecule has 0 saturated carbocycles. The maximum absolute atomic E-state index is 11.2. The predicted molar refractivity (Wildman–Crippen MR) is 45.7 cm³/mol. The van der Waals surface area contributed by atoms with E-state index in [2.05, 4.69) is 10.3 Å². The number of carbonyl (C=O) groups excluding carboxylic acids is 1.